The lowest BCUT2D eigenvalue weighted by molar-refractivity contribution is -0.171. The van der Waals surface area contributed by atoms with Gasteiger partial charge in [0.2, 0.25) is 5.91 Å². The van der Waals surface area contributed by atoms with E-state index in [2.05, 4.69) is 4.98 Å². The van der Waals surface area contributed by atoms with Crippen molar-refractivity contribution in [3.05, 3.63) is 35.5 Å². The van der Waals surface area contributed by atoms with E-state index in [0.29, 0.717) is 13.0 Å². The number of para-hydroxylation sites is 1. The van der Waals surface area contributed by atoms with Crippen molar-refractivity contribution in [2.45, 2.75) is 38.6 Å². The van der Waals surface area contributed by atoms with Gasteiger partial charge >= 0.3 is 11.9 Å². The van der Waals surface area contributed by atoms with Gasteiger partial charge in [0.15, 0.2) is 0 Å². The van der Waals surface area contributed by atoms with Gasteiger partial charge in [-0.3, -0.25) is 14.4 Å². The van der Waals surface area contributed by atoms with E-state index in [1.165, 1.54) is 0 Å². The zero-order chi connectivity index (χ0) is 20.1. The van der Waals surface area contributed by atoms with Crippen molar-refractivity contribution < 1.29 is 24.2 Å². The first-order valence-electron chi connectivity index (χ1n) is 9.67. The minimum absolute atomic E-state index is 0.172. The second kappa shape index (κ2) is 6.65. The molecular weight excluding hydrogens is 360 g/mol. The molecule has 1 aromatic heterocycles. The van der Waals surface area contributed by atoms with Gasteiger partial charge in [-0.25, -0.2) is 0 Å². The molecule has 3 heterocycles. The summed E-state index contributed by atoms with van der Waals surface area (Å²) < 4.78 is 5.34. The number of carbonyl (C=O) groups is 3. The molecule has 0 aliphatic carbocycles. The van der Waals surface area contributed by atoms with E-state index in [1.807, 2.05) is 31.2 Å². The Morgan fingerprint density at radius 1 is 1.36 bits per heavy atom. The minimum Gasteiger partial charge on any atom is -0.481 e. The molecule has 4 rings (SSSR count). The highest BCUT2D eigenvalue weighted by atomic mass is 16.5. The molecule has 7 heteroatoms. The molecule has 1 fully saturated rings. The van der Waals surface area contributed by atoms with E-state index in [4.69, 9.17) is 4.74 Å². The number of nitrogens with zero attached hydrogens (tertiary/aromatic N) is 1. The summed E-state index contributed by atoms with van der Waals surface area (Å²) in [6, 6.07) is 7.95. The molecule has 0 bridgehead atoms. The third-order valence-corrected chi connectivity index (χ3v) is 6.27. The lowest BCUT2D eigenvalue weighted by Gasteiger charge is -2.53. The number of aromatic amines is 1. The highest BCUT2D eigenvalue weighted by Gasteiger charge is 2.57. The van der Waals surface area contributed by atoms with Crippen LogP contribution in [0.3, 0.4) is 0 Å². The maximum atomic E-state index is 13.1. The van der Waals surface area contributed by atoms with Crippen LogP contribution in [0.2, 0.25) is 0 Å². The molecule has 2 aliphatic heterocycles. The van der Waals surface area contributed by atoms with Crippen molar-refractivity contribution in [3.8, 4) is 0 Å². The highest BCUT2D eigenvalue weighted by Crippen LogP contribution is 2.49. The van der Waals surface area contributed by atoms with Gasteiger partial charge in [-0.05, 0) is 38.3 Å². The van der Waals surface area contributed by atoms with Crippen molar-refractivity contribution in [1.82, 2.24) is 9.88 Å². The summed E-state index contributed by atoms with van der Waals surface area (Å²) in [4.78, 5) is 42.5. The van der Waals surface area contributed by atoms with Crippen molar-refractivity contribution in [2.24, 2.45) is 11.8 Å². The molecule has 0 saturated carbocycles. The molecule has 2 aliphatic rings. The predicted molar refractivity (Wildman–Crippen MR) is 102 cm³/mol. The SMILES string of the molecule is CCOC(=O)[C@H]1C[C@H](CC(=O)O)C(=O)N2CCc3c([nH]c4ccccc34)[C@]12C. The summed E-state index contributed by atoms with van der Waals surface area (Å²) in [5.41, 5.74) is 2.07. The second-order valence-electron chi connectivity index (χ2n) is 7.75. The van der Waals surface area contributed by atoms with Gasteiger partial charge in [0.1, 0.15) is 0 Å². The number of nitrogens with one attached hydrogen (secondary N) is 1. The lowest BCUT2D eigenvalue weighted by atomic mass is 9.68. The summed E-state index contributed by atoms with van der Waals surface area (Å²) in [5, 5.41) is 10.3. The number of amides is 1. The Balaban J connectivity index is 1.86. The molecule has 1 aromatic carbocycles. The number of hydrogen-bond acceptors (Lipinski definition) is 4. The van der Waals surface area contributed by atoms with Gasteiger partial charge in [-0.15, -0.1) is 0 Å². The second-order valence-corrected chi connectivity index (χ2v) is 7.75. The summed E-state index contributed by atoms with van der Waals surface area (Å²) in [7, 11) is 0. The predicted octanol–water partition coefficient (Wildman–Crippen LogP) is 2.44. The van der Waals surface area contributed by atoms with Gasteiger partial charge in [0, 0.05) is 29.1 Å². The Morgan fingerprint density at radius 3 is 2.82 bits per heavy atom. The van der Waals surface area contributed by atoms with E-state index in [-0.39, 0.29) is 31.3 Å². The Morgan fingerprint density at radius 2 is 2.11 bits per heavy atom. The molecule has 0 radical (unpaired) electrons. The molecule has 7 nitrogen and oxygen atoms in total. The van der Waals surface area contributed by atoms with Gasteiger partial charge in [0.05, 0.1) is 24.5 Å². The molecule has 28 heavy (non-hydrogen) atoms. The van der Waals surface area contributed by atoms with E-state index in [1.54, 1.807) is 11.8 Å². The number of benzene rings is 1. The Hall–Kier alpha value is -2.83. The average Bonchev–Trinajstić information content (AvgIpc) is 3.04. The summed E-state index contributed by atoms with van der Waals surface area (Å²) in [6.45, 7) is 4.34. The van der Waals surface area contributed by atoms with Crippen molar-refractivity contribution in [1.29, 1.82) is 0 Å². The normalized spacial score (nSPS) is 26.6. The lowest BCUT2D eigenvalue weighted by Crippen LogP contribution is -2.63. The first kappa shape index (κ1) is 18.5. The molecule has 3 atom stereocenters. The third-order valence-electron chi connectivity index (χ3n) is 6.27. The number of carbonyl (C=O) groups excluding carboxylic acids is 2. The minimum atomic E-state index is -1.03. The van der Waals surface area contributed by atoms with Crippen LogP contribution in [0.15, 0.2) is 24.3 Å². The van der Waals surface area contributed by atoms with E-state index < -0.39 is 23.3 Å². The number of aromatic nitrogens is 1. The molecule has 2 N–H and O–H groups in total. The Kier molecular flexibility index (Phi) is 4.40. The number of esters is 1. The van der Waals surface area contributed by atoms with Crippen LogP contribution in [0.25, 0.3) is 10.9 Å². The third kappa shape index (κ3) is 2.60. The fourth-order valence-corrected chi connectivity index (χ4v) is 4.97. The van der Waals surface area contributed by atoms with E-state index in [0.717, 1.165) is 22.2 Å². The first-order chi connectivity index (χ1) is 13.4. The fourth-order valence-electron chi connectivity index (χ4n) is 4.97. The molecule has 2 aromatic rings. The van der Waals surface area contributed by atoms with E-state index >= 15 is 0 Å². The van der Waals surface area contributed by atoms with Crippen LogP contribution in [0.5, 0.6) is 0 Å². The summed E-state index contributed by atoms with van der Waals surface area (Å²) in [6.07, 6.45) is 0.558. The van der Waals surface area contributed by atoms with E-state index in [9.17, 15) is 19.5 Å². The average molecular weight is 384 g/mol. The van der Waals surface area contributed by atoms with Crippen molar-refractivity contribution in [2.75, 3.05) is 13.2 Å². The largest absolute Gasteiger partial charge is 0.481 e. The van der Waals surface area contributed by atoms with Crippen LogP contribution < -0.4 is 0 Å². The number of carboxylic acid groups (broad SMARTS) is 1. The quantitative estimate of drug-likeness (QED) is 0.789. The number of ether oxygens (including phenoxy) is 1. The summed E-state index contributed by atoms with van der Waals surface area (Å²) in [5.74, 6) is -2.96. The number of H-pyrrole nitrogens is 1. The molecule has 148 valence electrons. The maximum absolute atomic E-state index is 13.1. The zero-order valence-electron chi connectivity index (χ0n) is 16.0. The van der Waals surface area contributed by atoms with Gasteiger partial charge < -0.3 is 19.7 Å². The first-order valence-corrected chi connectivity index (χ1v) is 9.67. The number of aliphatic carboxylic acids is 1. The number of carboxylic acids is 1. The molecule has 0 spiro atoms. The Labute approximate surface area is 162 Å². The topological polar surface area (TPSA) is 99.7 Å². The molecule has 1 amide bonds. The fraction of sp³-hybridized carbons (Fsp3) is 0.476. The number of rotatable bonds is 4. The van der Waals surface area contributed by atoms with Crippen LogP contribution in [-0.2, 0) is 31.1 Å². The molecular formula is C21H24N2O5. The number of piperidine rings is 1. The van der Waals surface area contributed by atoms with Crippen LogP contribution in [0.4, 0.5) is 0 Å². The van der Waals surface area contributed by atoms with Gasteiger partial charge in [-0.2, -0.15) is 0 Å². The molecule has 0 unspecified atom stereocenters. The van der Waals surface area contributed by atoms with Crippen molar-refractivity contribution >= 4 is 28.7 Å². The summed E-state index contributed by atoms with van der Waals surface area (Å²) >= 11 is 0. The maximum Gasteiger partial charge on any atom is 0.311 e. The Bertz CT molecular complexity index is 965. The smallest absolute Gasteiger partial charge is 0.311 e. The number of fused-ring (bicyclic) bond motifs is 5. The van der Waals surface area contributed by atoms with Crippen molar-refractivity contribution in [3.63, 3.8) is 0 Å². The number of hydrogen-bond donors (Lipinski definition) is 2. The van der Waals surface area contributed by atoms with Crippen LogP contribution >= 0.6 is 0 Å². The standard InChI is InChI=1S/C21H24N2O5/c1-3-28-20(27)15-10-12(11-17(24)25)19(26)23-9-8-14-13-6-4-5-7-16(13)22-18(14)21(15,23)2/h4-7,12,15,22H,3,8-11H2,1-2H3,(H,24,25)/t12-,15-,21+/m1/s1. The van der Waals surface area contributed by atoms with Crippen LogP contribution in [0.1, 0.15) is 37.9 Å². The van der Waals surface area contributed by atoms with Crippen LogP contribution in [-0.4, -0.2) is 46.0 Å². The van der Waals surface area contributed by atoms with Crippen LogP contribution in [0, 0.1) is 11.8 Å². The monoisotopic (exact) mass is 384 g/mol. The zero-order valence-corrected chi connectivity index (χ0v) is 16.0. The molecule has 1 saturated heterocycles. The highest BCUT2D eigenvalue weighted by molar-refractivity contribution is 5.91. The van der Waals surface area contributed by atoms with Gasteiger partial charge in [-0.1, -0.05) is 18.2 Å². The van der Waals surface area contributed by atoms with Gasteiger partial charge in [0.25, 0.3) is 0 Å².